The van der Waals surface area contributed by atoms with Gasteiger partial charge in [0.15, 0.2) is 0 Å². The first kappa shape index (κ1) is 17.0. The summed E-state index contributed by atoms with van der Waals surface area (Å²) in [5, 5.41) is 3.54. The van der Waals surface area contributed by atoms with Gasteiger partial charge in [0.2, 0.25) is 0 Å². The first-order valence-electron chi connectivity index (χ1n) is 7.83. The lowest BCUT2D eigenvalue weighted by Crippen LogP contribution is -2.35. The topological polar surface area (TPSA) is 21.3 Å². The molecule has 0 aliphatic carbocycles. The van der Waals surface area contributed by atoms with E-state index in [-0.39, 0.29) is 5.54 Å². The van der Waals surface area contributed by atoms with Gasteiger partial charge in [0.25, 0.3) is 0 Å². The summed E-state index contributed by atoms with van der Waals surface area (Å²) in [6.07, 6.45) is 2.36. The van der Waals surface area contributed by atoms with E-state index in [1.54, 1.807) is 0 Å². The van der Waals surface area contributed by atoms with E-state index in [1.165, 1.54) is 24.0 Å². The second-order valence-corrected chi connectivity index (χ2v) is 6.66. The Labute approximate surface area is 124 Å². The molecule has 0 unspecified atom stereocenters. The second kappa shape index (κ2) is 7.68. The third-order valence-corrected chi connectivity index (χ3v) is 3.72. The highest BCUT2D eigenvalue weighted by molar-refractivity contribution is 5.40. The molecular formula is C18H31NO. The van der Waals surface area contributed by atoms with E-state index < -0.39 is 0 Å². The van der Waals surface area contributed by atoms with Crippen LogP contribution in [0.5, 0.6) is 5.75 Å². The Morgan fingerprint density at radius 3 is 2.35 bits per heavy atom. The van der Waals surface area contributed by atoms with Gasteiger partial charge in [-0.15, -0.1) is 0 Å². The van der Waals surface area contributed by atoms with E-state index >= 15 is 0 Å². The van der Waals surface area contributed by atoms with Gasteiger partial charge in [-0.05, 0) is 39.2 Å². The molecule has 0 saturated carbocycles. The van der Waals surface area contributed by atoms with E-state index in [0.29, 0.717) is 5.92 Å². The number of para-hydroxylation sites is 1. The van der Waals surface area contributed by atoms with Crippen LogP contribution in [0.15, 0.2) is 18.2 Å². The third-order valence-electron chi connectivity index (χ3n) is 3.72. The quantitative estimate of drug-likeness (QED) is 0.780. The van der Waals surface area contributed by atoms with E-state index in [2.05, 4.69) is 65.1 Å². The Morgan fingerprint density at radius 2 is 1.80 bits per heavy atom. The summed E-state index contributed by atoms with van der Waals surface area (Å²) in [4.78, 5) is 0. The Hall–Kier alpha value is -1.02. The molecule has 1 rings (SSSR count). The molecule has 0 heterocycles. The Kier molecular flexibility index (Phi) is 6.54. The standard InChI is InChI=1S/C18H31NO/c1-7-15(8-2)13-20-17-14(3)10-9-11-16(17)12-19-18(4,5)6/h9-11,15,19H,7-8,12-13H2,1-6H3. The highest BCUT2D eigenvalue weighted by atomic mass is 16.5. The molecule has 2 heteroatoms. The van der Waals surface area contributed by atoms with Crippen LogP contribution < -0.4 is 10.1 Å². The van der Waals surface area contributed by atoms with E-state index in [0.717, 1.165) is 18.9 Å². The van der Waals surface area contributed by atoms with Gasteiger partial charge in [0.1, 0.15) is 5.75 Å². The van der Waals surface area contributed by atoms with Crippen molar-refractivity contribution in [2.75, 3.05) is 6.61 Å². The van der Waals surface area contributed by atoms with Crippen molar-refractivity contribution in [3.05, 3.63) is 29.3 Å². The molecule has 0 saturated heterocycles. The van der Waals surface area contributed by atoms with E-state index in [1.807, 2.05) is 0 Å². The zero-order valence-electron chi connectivity index (χ0n) is 14.0. The van der Waals surface area contributed by atoms with Crippen LogP contribution in [0.1, 0.15) is 58.6 Å². The normalized spacial score (nSPS) is 11.9. The maximum Gasteiger partial charge on any atom is 0.126 e. The van der Waals surface area contributed by atoms with Crippen LogP contribution in [-0.2, 0) is 6.54 Å². The number of hydrogen-bond acceptors (Lipinski definition) is 2. The van der Waals surface area contributed by atoms with Gasteiger partial charge in [-0.2, -0.15) is 0 Å². The lowest BCUT2D eigenvalue weighted by atomic mass is 10.0. The predicted octanol–water partition coefficient (Wildman–Crippen LogP) is 4.70. The molecule has 1 aromatic carbocycles. The van der Waals surface area contributed by atoms with Gasteiger partial charge in [0, 0.05) is 17.6 Å². The molecule has 0 spiro atoms. The SMILES string of the molecule is CCC(CC)COc1c(C)cccc1CNC(C)(C)C. The summed E-state index contributed by atoms with van der Waals surface area (Å²) in [6, 6.07) is 6.40. The third kappa shape index (κ3) is 5.54. The van der Waals surface area contributed by atoms with Crippen LogP contribution in [0.25, 0.3) is 0 Å². The maximum absolute atomic E-state index is 6.14. The smallest absolute Gasteiger partial charge is 0.126 e. The van der Waals surface area contributed by atoms with Gasteiger partial charge >= 0.3 is 0 Å². The molecule has 0 atom stereocenters. The highest BCUT2D eigenvalue weighted by Crippen LogP contribution is 2.25. The fourth-order valence-electron chi connectivity index (χ4n) is 2.14. The minimum Gasteiger partial charge on any atom is -0.493 e. The van der Waals surface area contributed by atoms with Gasteiger partial charge < -0.3 is 10.1 Å². The van der Waals surface area contributed by atoms with Crippen molar-refractivity contribution in [1.82, 2.24) is 5.32 Å². The first-order valence-corrected chi connectivity index (χ1v) is 7.83. The average Bonchev–Trinajstić information content (AvgIpc) is 2.38. The molecule has 0 amide bonds. The number of hydrogen-bond donors (Lipinski definition) is 1. The van der Waals surface area contributed by atoms with Gasteiger partial charge in [-0.1, -0.05) is 44.9 Å². The van der Waals surface area contributed by atoms with Crippen LogP contribution in [0.2, 0.25) is 0 Å². The average molecular weight is 277 g/mol. The van der Waals surface area contributed by atoms with Crippen molar-refractivity contribution >= 4 is 0 Å². The van der Waals surface area contributed by atoms with Crippen LogP contribution in [0.4, 0.5) is 0 Å². The fraction of sp³-hybridized carbons (Fsp3) is 0.667. The Balaban J connectivity index is 2.77. The molecule has 0 bridgehead atoms. The van der Waals surface area contributed by atoms with Crippen molar-refractivity contribution in [2.24, 2.45) is 5.92 Å². The van der Waals surface area contributed by atoms with Crippen LogP contribution in [0, 0.1) is 12.8 Å². The monoisotopic (exact) mass is 277 g/mol. The van der Waals surface area contributed by atoms with Crippen molar-refractivity contribution in [3.63, 3.8) is 0 Å². The first-order chi connectivity index (χ1) is 9.37. The van der Waals surface area contributed by atoms with Crippen molar-refractivity contribution in [3.8, 4) is 5.75 Å². The predicted molar refractivity (Wildman–Crippen MR) is 87.3 cm³/mol. The van der Waals surface area contributed by atoms with Gasteiger partial charge in [-0.3, -0.25) is 0 Å². The summed E-state index contributed by atoms with van der Waals surface area (Å²) in [6.45, 7) is 14.8. The molecule has 114 valence electrons. The number of aryl methyl sites for hydroxylation is 1. The molecule has 0 aliphatic rings. The molecule has 0 aliphatic heterocycles. The molecule has 1 aromatic rings. The second-order valence-electron chi connectivity index (χ2n) is 6.66. The number of benzene rings is 1. The Morgan fingerprint density at radius 1 is 1.15 bits per heavy atom. The summed E-state index contributed by atoms with van der Waals surface area (Å²) < 4.78 is 6.14. The summed E-state index contributed by atoms with van der Waals surface area (Å²) in [5.41, 5.74) is 2.60. The lowest BCUT2D eigenvalue weighted by molar-refractivity contribution is 0.236. The van der Waals surface area contributed by atoms with Crippen LogP contribution in [0.3, 0.4) is 0 Å². The van der Waals surface area contributed by atoms with Crippen LogP contribution in [-0.4, -0.2) is 12.1 Å². The zero-order valence-corrected chi connectivity index (χ0v) is 14.0. The number of nitrogens with one attached hydrogen (secondary N) is 1. The highest BCUT2D eigenvalue weighted by Gasteiger charge is 2.13. The van der Waals surface area contributed by atoms with Gasteiger partial charge in [-0.25, -0.2) is 0 Å². The largest absolute Gasteiger partial charge is 0.493 e. The van der Waals surface area contributed by atoms with Crippen molar-refractivity contribution in [1.29, 1.82) is 0 Å². The minimum atomic E-state index is 0.121. The van der Waals surface area contributed by atoms with Crippen molar-refractivity contribution < 1.29 is 4.74 Å². The summed E-state index contributed by atoms with van der Waals surface area (Å²) in [5.74, 6) is 1.72. The fourth-order valence-corrected chi connectivity index (χ4v) is 2.14. The Bertz CT molecular complexity index is 402. The lowest BCUT2D eigenvalue weighted by Gasteiger charge is -2.23. The summed E-state index contributed by atoms with van der Waals surface area (Å²) >= 11 is 0. The molecule has 0 radical (unpaired) electrons. The molecule has 0 aromatic heterocycles. The molecule has 2 nitrogen and oxygen atoms in total. The van der Waals surface area contributed by atoms with Crippen LogP contribution >= 0.6 is 0 Å². The molecule has 0 fully saturated rings. The van der Waals surface area contributed by atoms with Gasteiger partial charge in [0.05, 0.1) is 6.61 Å². The summed E-state index contributed by atoms with van der Waals surface area (Å²) in [7, 11) is 0. The van der Waals surface area contributed by atoms with Crippen molar-refractivity contribution in [2.45, 2.75) is 66.5 Å². The molecule has 20 heavy (non-hydrogen) atoms. The zero-order chi connectivity index (χ0) is 15.2. The van der Waals surface area contributed by atoms with E-state index in [4.69, 9.17) is 4.74 Å². The van der Waals surface area contributed by atoms with E-state index in [9.17, 15) is 0 Å². The maximum atomic E-state index is 6.14. The molecule has 1 N–H and O–H groups in total. The number of rotatable bonds is 7. The minimum absolute atomic E-state index is 0.121. The number of ether oxygens (including phenoxy) is 1. The molecular weight excluding hydrogens is 246 g/mol.